The summed E-state index contributed by atoms with van der Waals surface area (Å²) in [6.45, 7) is 12.0. The quantitative estimate of drug-likeness (QED) is 0.725. The van der Waals surface area contributed by atoms with Crippen molar-refractivity contribution in [2.45, 2.75) is 71.1 Å². The van der Waals surface area contributed by atoms with Gasteiger partial charge in [-0.1, -0.05) is 0 Å². The Hall–Kier alpha value is -0.810. The maximum absolute atomic E-state index is 12.0. The largest absolute Gasteiger partial charge is 0.448 e. The fraction of sp³-hybridized carbons (Fsp3) is 0.941. The first-order valence-corrected chi connectivity index (χ1v) is 8.82. The predicted octanol–water partition coefficient (Wildman–Crippen LogP) is 2.89. The predicted molar refractivity (Wildman–Crippen MR) is 87.1 cm³/mol. The number of ether oxygens (including phenoxy) is 2. The third-order valence-corrected chi connectivity index (χ3v) is 5.14. The molecule has 2 aliphatic rings. The zero-order chi connectivity index (χ0) is 16.2. The minimum absolute atomic E-state index is 0.180. The van der Waals surface area contributed by atoms with Gasteiger partial charge < -0.3 is 14.4 Å². The first-order valence-electron chi connectivity index (χ1n) is 8.82. The number of hydrogen-bond acceptors (Lipinski definition) is 4. The van der Waals surface area contributed by atoms with Gasteiger partial charge in [-0.05, 0) is 59.9 Å². The van der Waals surface area contributed by atoms with Crippen molar-refractivity contribution in [3.05, 3.63) is 0 Å². The molecular weight excluding hydrogens is 280 g/mol. The highest BCUT2D eigenvalue weighted by molar-refractivity contribution is 5.67. The smallest absolute Gasteiger partial charge is 0.409 e. The zero-order valence-corrected chi connectivity index (χ0v) is 14.6. The molecule has 2 fully saturated rings. The van der Waals surface area contributed by atoms with Gasteiger partial charge in [-0.3, -0.25) is 4.90 Å². The molecule has 0 aliphatic carbocycles. The average molecular weight is 312 g/mol. The van der Waals surface area contributed by atoms with Crippen LogP contribution in [0.5, 0.6) is 0 Å². The van der Waals surface area contributed by atoms with Crippen LogP contribution in [0.3, 0.4) is 0 Å². The molecule has 5 nitrogen and oxygen atoms in total. The van der Waals surface area contributed by atoms with Gasteiger partial charge in [0.15, 0.2) is 0 Å². The Balaban J connectivity index is 1.87. The van der Waals surface area contributed by atoms with E-state index in [4.69, 9.17) is 9.47 Å². The van der Waals surface area contributed by atoms with Gasteiger partial charge in [0.25, 0.3) is 0 Å². The SMILES string of the molecule is CCN(CC)C(=O)OC[C@@H]1CC[C@]2(COC(C)C)CCCN12. The number of amides is 1. The Morgan fingerprint density at radius 2 is 2.05 bits per heavy atom. The standard InChI is InChI=1S/C17H32N2O3/c1-5-18(6-2)16(20)21-12-15-8-10-17(13-22-14(3)4)9-7-11-19(15)17/h14-15H,5-13H2,1-4H3/t15-,17-/m0/s1. The second kappa shape index (κ2) is 7.64. The normalized spacial score (nSPS) is 28.1. The number of nitrogens with zero attached hydrogens (tertiary/aromatic N) is 2. The topological polar surface area (TPSA) is 42.0 Å². The molecule has 2 saturated heterocycles. The highest BCUT2D eigenvalue weighted by atomic mass is 16.6. The lowest BCUT2D eigenvalue weighted by Gasteiger charge is -2.35. The zero-order valence-electron chi connectivity index (χ0n) is 14.6. The molecule has 128 valence electrons. The van der Waals surface area contributed by atoms with Crippen LogP contribution in [0.1, 0.15) is 53.4 Å². The average Bonchev–Trinajstić information content (AvgIpc) is 3.03. The lowest BCUT2D eigenvalue weighted by atomic mass is 9.95. The van der Waals surface area contributed by atoms with Crippen LogP contribution in [0, 0.1) is 0 Å². The first kappa shape index (κ1) is 17.5. The molecule has 2 atom stereocenters. The van der Waals surface area contributed by atoms with Crippen LogP contribution < -0.4 is 0 Å². The summed E-state index contributed by atoms with van der Waals surface area (Å²) in [6.07, 6.45) is 4.79. The van der Waals surface area contributed by atoms with Gasteiger partial charge in [-0.25, -0.2) is 4.79 Å². The molecule has 0 unspecified atom stereocenters. The molecule has 2 rings (SSSR count). The third-order valence-electron chi connectivity index (χ3n) is 5.14. The van der Waals surface area contributed by atoms with E-state index in [2.05, 4.69) is 18.7 Å². The van der Waals surface area contributed by atoms with E-state index >= 15 is 0 Å². The van der Waals surface area contributed by atoms with Crippen molar-refractivity contribution in [1.29, 1.82) is 0 Å². The molecule has 0 radical (unpaired) electrons. The summed E-state index contributed by atoms with van der Waals surface area (Å²) >= 11 is 0. The summed E-state index contributed by atoms with van der Waals surface area (Å²) in [5.41, 5.74) is 0.191. The molecule has 0 aromatic rings. The Labute approximate surface area is 134 Å². The molecule has 0 N–H and O–H groups in total. The molecule has 5 heteroatoms. The van der Waals surface area contributed by atoms with Crippen LogP contribution in [-0.4, -0.2) is 66.4 Å². The molecule has 0 saturated carbocycles. The van der Waals surface area contributed by atoms with E-state index in [0.29, 0.717) is 25.7 Å². The van der Waals surface area contributed by atoms with E-state index < -0.39 is 0 Å². The Kier molecular flexibility index (Phi) is 6.09. The van der Waals surface area contributed by atoms with E-state index in [-0.39, 0.29) is 17.7 Å². The van der Waals surface area contributed by atoms with Gasteiger partial charge in [0.1, 0.15) is 6.61 Å². The number of carbonyl (C=O) groups is 1. The summed E-state index contributed by atoms with van der Waals surface area (Å²) < 4.78 is 11.5. The molecule has 0 aromatic heterocycles. The van der Waals surface area contributed by atoms with Crippen LogP contribution >= 0.6 is 0 Å². The molecule has 2 heterocycles. The lowest BCUT2D eigenvalue weighted by molar-refractivity contribution is -0.0125. The molecular formula is C17H32N2O3. The van der Waals surface area contributed by atoms with Gasteiger partial charge >= 0.3 is 6.09 Å². The second-order valence-corrected chi connectivity index (χ2v) is 6.82. The summed E-state index contributed by atoms with van der Waals surface area (Å²) in [7, 11) is 0. The molecule has 0 aromatic carbocycles. The Morgan fingerprint density at radius 1 is 1.32 bits per heavy atom. The van der Waals surface area contributed by atoms with Crippen molar-refractivity contribution < 1.29 is 14.3 Å². The summed E-state index contributed by atoms with van der Waals surface area (Å²) in [6, 6.07) is 0.359. The van der Waals surface area contributed by atoms with Crippen LogP contribution in [0.15, 0.2) is 0 Å². The van der Waals surface area contributed by atoms with Crippen LogP contribution in [0.4, 0.5) is 4.79 Å². The maximum Gasteiger partial charge on any atom is 0.409 e. The Morgan fingerprint density at radius 3 is 2.68 bits per heavy atom. The van der Waals surface area contributed by atoms with E-state index in [9.17, 15) is 4.79 Å². The minimum Gasteiger partial charge on any atom is -0.448 e. The van der Waals surface area contributed by atoms with Crippen molar-refractivity contribution in [3.8, 4) is 0 Å². The van der Waals surface area contributed by atoms with Crippen LogP contribution in [0.25, 0.3) is 0 Å². The van der Waals surface area contributed by atoms with Gasteiger partial charge in [-0.2, -0.15) is 0 Å². The first-order chi connectivity index (χ1) is 10.5. The van der Waals surface area contributed by atoms with Crippen molar-refractivity contribution in [2.75, 3.05) is 32.8 Å². The lowest BCUT2D eigenvalue weighted by Crippen LogP contribution is -2.48. The molecule has 22 heavy (non-hydrogen) atoms. The van der Waals surface area contributed by atoms with Gasteiger partial charge in [0, 0.05) is 24.7 Å². The third kappa shape index (κ3) is 3.74. The summed E-state index contributed by atoms with van der Waals surface area (Å²) in [5.74, 6) is 0. The molecule has 1 amide bonds. The van der Waals surface area contributed by atoms with E-state index in [0.717, 1.165) is 26.0 Å². The fourth-order valence-corrected chi connectivity index (χ4v) is 3.85. The van der Waals surface area contributed by atoms with Gasteiger partial charge in [0.05, 0.1) is 12.7 Å². The molecule has 0 spiro atoms. The Bertz CT molecular complexity index is 371. The molecule has 2 aliphatic heterocycles. The summed E-state index contributed by atoms with van der Waals surface area (Å²) in [4.78, 5) is 16.3. The monoisotopic (exact) mass is 312 g/mol. The van der Waals surface area contributed by atoms with Crippen LogP contribution in [0.2, 0.25) is 0 Å². The number of hydrogen-bond donors (Lipinski definition) is 0. The second-order valence-electron chi connectivity index (χ2n) is 6.82. The van der Waals surface area contributed by atoms with Gasteiger partial charge in [-0.15, -0.1) is 0 Å². The van der Waals surface area contributed by atoms with Gasteiger partial charge in [0.2, 0.25) is 0 Å². The van der Waals surface area contributed by atoms with Crippen molar-refractivity contribution in [1.82, 2.24) is 9.80 Å². The highest BCUT2D eigenvalue weighted by Gasteiger charge is 2.49. The maximum atomic E-state index is 12.0. The molecule has 0 bridgehead atoms. The fourth-order valence-electron chi connectivity index (χ4n) is 3.85. The highest BCUT2D eigenvalue weighted by Crippen LogP contribution is 2.42. The number of carbonyl (C=O) groups excluding carboxylic acids is 1. The van der Waals surface area contributed by atoms with Crippen molar-refractivity contribution in [2.24, 2.45) is 0 Å². The summed E-state index contributed by atoms with van der Waals surface area (Å²) in [5, 5.41) is 0. The van der Waals surface area contributed by atoms with E-state index in [1.807, 2.05) is 13.8 Å². The number of rotatable bonds is 7. The minimum atomic E-state index is -0.180. The van der Waals surface area contributed by atoms with E-state index in [1.165, 1.54) is 12.8 Å². The van der Waals surface area contributed by atoms with Crippen molar-refractivity contribution in [3.63, 3.8) is 0 Å². The number of fused-ring (bicyclic) bond motifs is 1. The van der Waals surface area contributed by atoms with E-state index in [1.54, 1.807) is 4.90 Å². The van der Waals surface area contributed by atoms with Crippen molar-refractivity contribution >= 4 is 6.09 Å². The van der Waals surface area contributed by atoms with Crippen LogP contribution in [-0.2, 0) is 9.47 Å².